The molecule has 2 heterocycles. The molecule has 2 aliphatic rings. The van der Waals surface area contributed by atoms with Gasteiger partial charge in [-0.3, -0.25) is 19.2 Å². The molecule has 21 heteroatoms. The number of hydrogen-bond acceptors (Lipinski definition) is 14. The number of aliphatic carboxylic acids is 1. The number of carboxylic acids is 1. The number of hydrogen-bond donors (Lipinski definition) is 9. The summed E-state index contributed by atoms with van der Waals surface area (Å²) in [6, 6.07) is 25.4. The number of thiocarbonyl (C=S) groups is 1. The maximum atomic E-state index is 13.8. The highest BCUT2D eigenvalue weighted by molar-refractivity contribution is 7.80. The molecule has 0 saturated heterocycles. The Kier molecular flexibility index (Phi) is 20.4. The molecule has 428 valence electrons. The predicted molar refractivity (Wildman–Crippen MR) is 311 cm³/mol. The third-order valence-corrected chi connectivity index (χ3v) is 13.9. The van der Waals surface area contributed by atoms with Crippen LogP contribution in [0.25, 0.3) is 0 Å². The van der Waals surface area contributed by atoms with E-state index in [9.17, 15) is 44.1 Å². The molecule has 7 rings (SSSR count). The zero-order valence-corrected chi connectivity index (χ0v) is 47.2. The van der Waals surface area contributed by atoms with Gasteiger partial charge < -0.3 is 61.6 Å². The van der Waals surface area contributed by atoms with Gasteiger partial charge in [0.1, 0.15) is 41.1 Å². The van der Waals surface area contributed by atoms with E-state index >= 15 is 0 Å². The van der Waals surface area contributed by atoms with Crippen LogP contribution in [-0.4, -0.2) is 101 Å². The number of esters is 1. The van der Waals surface area contributed by atoms with Crippen LogP contribution in [0.3, 0.4) is 0 Å². The quantitative estimate of drug-likeness (QED) is 0.0108. The Bertz CT molecular complexity index is 3080. The van der Waals surface area contributed by atoms with Gasteiger partial charge in [-0.05, 0) is 154 Å². The number of aromatic hydroxyl groups is 2. The van der Waals surface area contributed by atoms with Gasteiger partial charge in [-0.1, -0.05) is 40.2 Å². The molecule has 5 aromatic carbocycles. The van der Waals surface area contributed by atoms with Crippen molar-refractivity contribution in [2.24, 2.45) is 22.1 Å². The van der Waals surface area contributed by atoms with E-state index in [1.807, 2.05) is 71.0 Å². The van der Waals surface area contributed by atoms with Crippen molar-refractivity contribution in [3.63, 3.8) is 0 Å². The van der Waals surface area contributed by atoms with Gasteiger partial charge in [-0.2, -0.15) is 10.2 Å². The number of amides is 4. The first-order valence-corrected chi connectivity index (χ1v) is 27.6. The number of phenolic OH excluding ortho intramolecular Hbond substituents is 2. The van der Waals surface area contributed by atoms with Gasteiger partial charge in [0.25, 0.3) is 5.91 Å². The highest BCUT2D eigenvalue weighted by Crippen LogP contribution is 2.57. The van der Waals surface area contributed by atoms with Crippen molar-refractivity contribution in [2.75, 3.05) is 37.4 Å². The van der Waals surface area contributed by atoms with Gasteiger partial charge in [-0.15, -0.1) is 0 Å². The van der Waals surface area contributed by atoms with Crippen LogP contribution >= 0.6 is 12.2 Å². The molecule has 9 N–H and O–H groups in total. The average Bonchev–Trinajstić information content (AvgIpc) is 2.06. The van der Waals surface area contributed by atoms with Crippen molar-refractivity contribution >= 4 is 75.6 Å². The van der Waals surface area contributed by atoms with Crippen LogP contribution in [-0.2, 0) is 29.5 Å². The molecule has 0 radical (unpaired) electrons. The number of carboxylic acid groups (broad SMARTS) is 1. The number of phenols is 2. The fourth-order valence-corrected chi connectivity index (χ4v) is 9.83. The molecular formula is C60H71N9O11S. The lowest BCUT2D eigenvalue weighted by Gasteiger charge is -2.36. The second kappa shape index (κ2) is 27.5. The Hall–Kier alpha value is -8.59. The summed E-state index contributed by atoms with van der Waals surface area (Å²) in [4.78, 5) is 81.4. The highest BCUT2D eigenvalue weighted by Gasteiger charge is 2.53. The molecule has 81 heavy (non-hydrogen) atoms. The van der Waals surface area contributed by atoms with Gasteiger partial charge in [0.05, 0.1) is 16.9 Å². The molecule has 3 atom stereocenters. The second-order valence-corrected chi connectivity index (χ2v) is 21.6. The minimum atomic E-state index is -1.39. The zero-order valence-electron chi connectivity index (χ0n) is 46.3. The first-order chi connectivity index (χ1) is 38.7. The van der Waals surface area contributed by atoms with Gasteiger partial charge in [-0.25, -0.2) is 9.59 Å². The largest absolute Gasteiger partial charge is 0.508 e. The molecule has 0 aromatic heterocycles. The summed E-state index contributed by atoms with van der Waals surface area (Å²) in [5.74, 6) is -3.19. The third kappa shape index (κ3) is 15.8. The molecular weight excluding hydrogens is 1050 g/mol. The van der Waals surface area contributed by atoms with Crippen molar-refractivity contribution in [1.29, 1.82) is 0 Å². The minimum Gasteiger partial charge on any atom is -0.508 e. The normalized spacial score (nSPS) is 13.9. The zero-order chi connectivity index (χ0) is 58.4. The molecule has 0 saturated carbocycles. The van der Waals surface area contributed by atoms with Gasteiger partial charge in [0.2, 0.25) is 17.7 Å². The number of fused-ring (bicyclic) bond motifs is 6. The topological polar surface area (TPSA) is 282 Å². The first-order valence-electron chi connectivity index (χ1n) is 27.2. The lowest BCUT2D eigenvalue weighted by atomic mass is 9.77. The van der Waals surface area contributed by atoms with E-state index in [0.717, 1.165) is 5.69 Å². The van der Waals surface area contributed by atoms with Crippen molar-refractivity contribution in [2.45, 2.75) is 109 Å². The maximum absolute atomic E-state index is 13.8. The molecule has 0 unspecified atom stereocenters. The maximum Gasteiger partial charge on any atom is 0.340 e. The lowest BCUT2D eigenvalue weighted by molar-refractivity contribution is -0.142. The monoisotopic (exact) mass is 1130 g/mol. The Morgan fingerprint density at radius 2 is 1.19 bits per heavy atom. The number of ether oxygens (including phenoxy) is 2. The van der Waals surface area contributed by atoms with Crippen LogP contribution in [0.4, 0.5) is 22.7 Å². The number of nitrogens with zero attached hydrogens (tertiary/aromatic N) is 3. The summed E-state index contributed by atoms with van der Waals surface area (Å²) < 4.78 is 12.2. The van der Waals surface area contributed by atoms with E-state index in [1.165, 1.54) is 24.3 Å². The standard InChI is InChI=1S/C60H71N9O11S/c1-35(2)30-49(55(74)66-50(31-36(3)4)56(75)65-48(57(76)77)12-9-11-28-61-54(73)37-14-16-38(17-15-37)67-68-39-18-21-41(22-19-39)69(5)6)64-53(72)13-8-7-10-29-62-59(81)63-40-20-25-45-44(32-40)58(78)80-60(45)46-26-23-42(70)33-51(46)79-52-34-43(71)24-27-47(52)60/h14-27,32-36,48-50,70-71H,7-13,28-31H2,1-6H3,(H,61,73)(H,64,72)(H,65,75)(H,66,74)(H,76,77)(H2,62,63,81)/t48-,49-,50+/m0/s1. The number of unbranched alkanes of at least 4 members (excludes halogenated alkanes) is 3. The molecule has 2 aliphatic heterocycles. The van der Waals surface area contributed by atoms with Gasteiger partial charge in [0, 0.05) is 79.4 Å². The van der Waals surface area contributed by atoms with E-state index in [-0.39, 0.29) is 72.5 Å². The third-order valence-electron chi connectivity index (χ3n) is 13.7. The molecule has 20 nitrogen and oxygen atoms in total. The van der Waals surface area contributed by atoms with Crippen LogP contribution < -0.4 is 41.5 Å². The Morgan fingerprint density at radius 1 is 0.642 bits per heavy atom. The average molecular weight is 1130 g/mol. The summed E-state index contributed by atoms with van der Waals surface area (Å²) in [5.41, 5.74) is 3.77. The first kappa shape index (κ1) is 60.1. The molecule has 0 fully saturated rings. The summed E-state index contributed by atoms with van der Waals surface area (Å²) in [5, 5.41) is 56.7. The lowest BCUT2D eigenvalue weighted by Crippen LogP contribution is -2.56. The smallest absolute Gasteiger partial charge is 0.340 e. The number of carbonyl (C=O) groups excluding carboxylic acids is 5. The van der Waals surface area contributed by atoms with Crippen molar-refractivity contribution in [1.82, 2.24) is 26.6 Å². The van der Waals surface area contributed by atoms with Crippen LogP contribution in [0.2, 0.25) is 0 Å². The molecule has 1 spiro atoms. The number of nitrogens with one attached hydrogen (secondary N) is 6. The van der Waals surface area contributed by atoms with E-state index in [4.69, 9.17) is 21.7 Å². The fourth-order valence-electron chi connectivity index (χ4n) is 9.61. The van der Waals surface area contributed by atoms with Crippen molar-refractivity contribution in [3.05, 3.63) is 131 Å². The SMILES string of the molecule is CC(C)C[C@H](NC(=O)CCCCCNC(=S)Nc1ccc2c(c1)C(=O)OC21c2ccc(O)cc2Oc2cc(O)ccc21)C(=O)N[C@H](CC(C)C)C(=O)N[C@@H](CCCCNC(=O)c1ccc(N=Nc2ccc(N(C)C)cc2)cc1)C(=O)O. The molecule has 4 amide bonds. The minimum absolute atomic E-state index is 0.0142. The van der Waals surface area contributed by atoms with Crippen LogP contribution in [0.15, 0.2) is 113 Å². The van der Waals surface area contributed by atoms with Crippen molar-refractivity contribution < 1.29 is 53.6 Å². The van der Waals surface area contributed by atoms with Gasteiger partial charge in [0.15, 0.2) is 10.7 Å². The molecule has 5 aromatic rings. The predicted octanol–water partition coefficient (Wildman–Crippen LogP) is 9.23. The number of rotatable bonds is 26. The van der Waals surface area contributed by atoms with E-state index in [0.29, 0.717) is 95.1 Å². The molecule has 0 bridgehead atoms. The Morgan fingerprint density at radius 3 is 1.77 bits per heavy atom. The number of anilines is 2. The number of azo groups is 1. The number of benzene rings is 5. The summed E-state index contributed by atoms with van der Waals surface area (Å²) in [6.07, 6.45) is 3.44. The van der Waals surface area contributed by atoms with E-state index in [1.54, 1.807) is 54.6 Å². The summed E-state index contributed by atoms with van der Waals surface area (Å²) >= 11 is 5.56. The number of carbonyl (C=O) groups is 6. The van der Waals surface area contributed by atoms with E-state index < -0.39 is 47.5 Å². The molecule has 0 aliphatic carbocycles. The van der Waals surface area contributed by atoms with Crippen molar-refractivity contribution in [3.8, 4) is 23.0 Å². The van der Waals surface area contributed by atoms with Crippen LogP contribution in [0, 0.1) is 11.8 Å². The highest BCUT2D eigenvalue weighted by atomic mass is 32.1. The summed E-state index contributed by atoms with van der Waals surface area (Å²) in [7, 11) is 3.91. The Balaban J connectivity index is 0.821. The Labute approximate surface area is 476 Å². The second-order valence-electron chi connectivity index (χ2n) is 21.2. The fraction of sp³-hybridized carbons (Fsp3) is 0.383. The van der Waals surface area contributed by atoms with Gasteiger partial charge >= 0.3 is 11.9 Å². The van der Waals surface area contributed by atoms with Crippen LogP contribution in [0.5, 0.6) is 23.0 Å². The van der Waals surface area contributed by atoms with Crippen LogP contribution in [0.1, 0.15) is 123 Å². The van der Waals surface area contributed by atoms with E-state index in [2.05, 4.69) is 42.1 Å². The summed E-state index contributed by atoms with van der Waals surface area (Å²) in [6.45, 7) is 8.35.